The molecule has 0 aliphatic carbocycles. The molecular formula is C16H16Cl2N2O. The Morgan fingerprint density at radius 3 is 2.48 bits per heavy atom. The number of halogens is 2. The zero-order valence-electron chi connectivity index (χ0n) is 11.4. The van der Waals surface area contributed by atoms with Crippen molar-refractivity contribution in [3.8, 4) is 0 Å². The molecular weight excluding hydrogens is 307 g/mol. The van der Waals surface area contributed by atoms with E-state index in [1.54, 1.807) is 18.2 Å². The first-order chi connectivity index (χ1) is 10.1. The lowest BCUT2D eigenvalue weighted by molar-refractivity contribution is -0.116. The molecule has 0 saturated heterocycles. The van der Waals surface area contributed by atoms with Crippen molar-refractivity contribution in [1.29, 1.82) is 0 Å². The lowest BCUT2D eigenvalue weighted by atomic mass is 10.2. The smallest absolute Gasteiger partial charge is 0.225 e. The lowest BCUT2D eigenvalue weighted by Crippen LogP contribution is -2.21. The Labute approximate surface area is 134 Å². The quantitative estimate of drug-likeness (QED) is 0.786. The summed E-state index contributed by atoms with van der Waals surface area (Å²) in [5.41, 5.74) is 1.85. The van der Waals surface area contributed by atoms with Crippen molar-refractivity contribution in [1.82, 2.24) is 5.32 Å². The average Bonchev–Trinajstić information content (AvgIpc) is 2.49. The van der Waals surface area contributed by atoms with Crippen LogP contribution in [-0.2, 0) is 11.3 Å². The van der Waals surface area contributed by atoms with Crippen molar-refractivity contribution in [2.45, 2.75) is 13.0 Å². The van der Waals surface area contributed by atoms with Gasteiger partial charge in [-0.1, -0.05) is 53.5 Å². The maximum atomic E-state index is 11.8. The van der Waals surface area contributed by atoms with Crippen LogP contribution in [-0.4, -0.2) is 12.5 Å². The van der Waals surface area contributed by atoms with Gasteiger partial charge < -0.3 is 10.6 Å². The summed E-state index contributed by atoms with van der Waals surface area (Å²) in [6, 6.07) is 15.1. The summed E-state index contributed by atoms with van der Waals surface area (Å²) in [7, 11) is 0. The third kappa shape index (κ3) is 5.38. The van der Waals surface area contributed by atoms with Gasteiger partial charge in [0.05, 0.1) is 10.0 Å². The molecule has 0 saturated carbocycles. The fourth-order valence-corrected chi connectivity index (χ4v) is 2.13. The average molecular weight is 323 g/mol. The minimum Gasteiger partial charge on any atom is -0.326 e. The first-order valence-corrected chi connectivity index (χ1v) is 7.40. The Kier molecular flexibility index (Phi) is 6.05. The van der Waals surface area contributed by atoms with Gasteiger partial charge in [0, 0.05) is 25.2 Å². The van der Waals surface area contributed by atoms with Gasteiger partial charge >= 0.3 is 0 Å². The Balaban J connectivity index is 1.71. The summed E-state index contributed by atoms with van der Waals surface area (Å²) in [6.07, 6.45) is 0.396. The standard InChI is InChI=1S/C16H16Cl2N2O/c17-14-7-6-13(10-15(14)18)20-16(21)8-9-19-11-12-4-2-1-3-5-12/h1-7,10,19H,8-9,11H2,(H,20,21). The van der Waals surface area contributed by atoms with Crippen molar-refractivity contribution in [2.75, 3.05) is 11.9 Å². The first-order valence-electron chi connectivity index (χ1n) is 6.65. The molecule has 0 aromatic heterocycles. The summed E-state index contributed by atoms with van der Waals surface area (Å²) in [6.45, 7) is 1.36. The molecule has 0 bridgehead atoms. The van der Waals surface area contributed by atoms with E-state index in [-0.39, 0.29) is 5.91 Å². The van der Waals surface area contributed by atoms with Crippen molar-refractivity contribution >= 4 is 34.8 Å². The Morgan fingerprint density at radius 1 is 1.00 bits per heavy atom. The Morgan fingerprint density at radius 2 is 1.76 bits per heavy atom. The number of hydrogen-bond acceptors (Lipinski definition) is 2. The van der Waals surface area contributed by atoms with E-state index in [0.717, 1.165) is 6.54 Å². The maximum absolute atomic E-state index is 11.8. The molecule has 2 aromatic carbocycles. The van der Waals surface area contributed by atoms with Gasteiger partial charge in [-0.15, -0.1) is 0 Å². The van der Waals surface area contributed by atoms with Gasteiger partial charge in [0.25, 0.3) is 0 Å². The van der Waals surface area contributed by atoms with Gasteiger partial charge in [0.2, 0.25) is 5.91 Å². The number of amides is 1. The van der Waals surface area contributed by atoms with Crippen LogP contribution >= 0.6 is 23.2 Å². The summed E-state index contributed by atoms with van der Waals surface area (Å²) in [4.78, 5) is 11.8. The second kappa shape index (κ2) is 8.03. The molecule has 2 rings (SSSR count). The van der Waals surface area contributed by atoms with E-state index in [1.807, 2.05) is 30.3 Å². The highest BCUT2D eigenvalue weighted by Gasteiger charge is 2.04. The third-order valence-electron chi connectivity index (χ3n) is 2.90. The monoisotopic (exact) mass is 322 g/mol. The number of hydrogen-bond donors (Lipinski definition) is 2. The summed E-state index contributed by atoms with van der Waals surface area (Å²) < 4.78 is 0. The molecule has 3 nitrogen and oxygen atoms in total. The van der Waals surface area contributed by atoms with Crippen LogP contribution < -0.4 is 10.6 Å². The second-order valence-electron chi connectivity index (χ2n) is 4.59. The van der Waals surface area contributed by atoms with Gasteiger partial charge in [-0.3, -0.25) is 4.79 Å². The predicted molar refractivity (Wildman–Crippen MR) is 87.9 cm³/mol. The van der Waals surface area contributed by atoms with Gasteiger partial charge in [-0.05, 0) is 23.8 Å². The van der Waals surface area contributed by atoms with Crippen LogP contribution in [0, 0.1) is 0 Å². The normalized spacial score (nSPS) is 10.4. The summed E-state index contributed by atoms with van der Waals surface area (Å²) in [5.74, 6) is -0.0612. The highest BCUT2D eigenvalue weighted by Crippen LogP contribution is 2.24. The molecule has 2 N–H and O–H groups in total. The zero-order chi connectivity index (χ0) is 15.1. The molecule has 0 unspecified atom stereocenters. The van der Waals surface area contributed by atoms with E-state index in [4.69, 9.17) is 23.2 Å². The largest absolute Gasteiger partial charge is 0.326 e. The number of benzene rings is 2. The number of rotatable bonds is 6. The highest BCUT2D eigenvalue weighted by atomic mass is 35.5. The van der Waals surface area contributed by atoms with Crippen LogP contribution in [0.5, 0.6) is 0 Å². The number of nitrogens with one attached hydrogen (secondary N) is 2. The van der Waals surface area contributed by atoms with Crippen molar-refractivity contribution < 1.29 is 4.79 Å². The van der Waals surface area contributed by atoms with Gasteiger partial charge in [-0.2, -0.15) is 0 Å². The molecule has 5 heteroatoms. The molecule has 0 aliphatic heterocycles. The molecule has 0 spiro atoms. The molecule has 0 atom stereocenters. The van der Waals surface area contributed by atoms with Gasteiger partial charge in [-0.25, -0.2) is 0 Å². The highest BCUT2D eigenvalue weighted by molar-refractivity contribution is 6.42. The van der Waals surface area contributed by atoms with Crippen LogP contribution in [0.15, 0.2) is 48.5 Å². The van der Waals surface area contributed by atoms with E-state index in [2.05, 4.69) is 10.6 Å². The Bertz CT molecular complexity index is 602. The third-order valence-corrected chi connectivity index (χ3v) is 3.64. The van der Waals surface area contributed by atoms with Crippen LogP contribution in [0.2, 0.25) is 10.0 Å². The van der Waals surface area contributed by atoms with Crippen LogP contribution in [0.25, 0.3) is 0 Å². The van der Waals surface area contributed by atoms with Crippen molar-refractivity contribution in [3.05, 3.63) is 64.1 Å². The molecule has 21 heavy (non-hydrogen) atoms. The first kappa shape index (κ1) is 15.8. The molecule has 0 aliphatic rings. The van der Waals surface area contributed by atoms with Crippen molar-refractivity contribution in [2.24, 2.45) is 0 Å². The lowest BCUT2D eigenvalue weighted by Gasteiger charge is -2.07. The molecule has 0 fully saturated rings. The van der Waals surface area contributed by atoms with E-state index in [1.165, 1.54) is 5.56 Å². The topological polar surface area (TPSA) is 41.1 Å². The molecule has 0 heterocycles. The molecule has 110 valence electrons. The van der Waals surface area contributed by atoms with Gasteiger partial charge in [0.15, 0.2) is 0 Å². The summed E-state index contributed by atoms with van der Waals surface area (Å²) >= 11 is 11.7. The number of carbonyl (C=O) groups excluding carboxylic acids is 1. The SMILES string of the molecule is O=C(CCNCc1ccccc1)Nc1ccc(Cl)c(Cl)c1. The van der Waals surface area contributed by atoms with E-state index >= 15 is 0 Å². The van der Waals surface area contributed by atoms with E-state index in [0.29, 0.717) is 28.7 Å². The number of anilines is 1. The maximum Gasteiger partial charge on any atom is 0.225 e. The zero-order valence-corrected chi connectivity index (χ0v) is 12.9. The van der Waals surface area contributed by atoms with Crippen LogP contribution in [0.1, 0.15) is 12.0 Å². The van der Waals surface area contributed by atoms with Gasteiger partial charge in [0.1, 0.15) is 0 Å². The number of carbonyl (C=O) groups is 1. The fourth-order valence-electron chi connectivity index (χ4n) is 1.83. The van der Waals surface area contributed by atoms with Crippen molar-refractivity contribution in [3.63, 3.8) is 0 Å². The van der Waals surface area contributed by atoms with Crippen LogP contribution in [0.3, 0.4) is 0 Å². The van der Waals surface area contributed by atoms with E-state index < -0.39 is 0 Å². The fraction of sp³-hybridized carbons (Fsp3) is 0.188. The van der Waals surface area contributed by atoms with Crippen LogP contribution in [0.4, 0.5) is 5.69 Å². The molecule has 2 aromatic rings. The predicted octanol–water partition coefficient (Wildman–Crippen LogP) is 4.11. The second-order valence-corrected chi connectivity index (χ2v) is 5.40. The molecule has 1 amide bonds. The minimum atomic E-state index is -0.0612. The molecule has 0 radical (unpaired) electrons. The Hall–Kier alpha value is -1.55. The summed E-state index contributed by atoms with van der Waals surface area (Å²) in [5, 5.41) is 6.92. The minimum absolute atomic E-state index is 0.0612. The van der Waals surface area contributed by atoms with E-state index in [9.17, 15) is 4.79 Å².